The molecule has 5 heteroatoms. The molecule has 1 saturated heterocycles. The minimum atomic E-state index is 0.0110. The Hall–Kier alpha value is -2.11. The van der Waals surface area contributed by atoms with E-state index in [1.165, 1.54) is 17.7 Å². The number of aromatic amines is 1. The number of piperidine rings is 1. The lowest BCUT2D eigenvalue weighted by Crippen LogP contribution is -2.41. The normalized spacial score (nSPS) is 17.3. The molecule has 0 aliphatic carbocycles. The molecule has 1 amide bonds. The van der Waals surface area contributed by atoms with Crippen LogP contribution in [-0.2, 0) is 0 Å². The summed E-state index contributed by atoms with van der Waals surface area (Å²) in [6, 6.07) is 12.5. The maximum Gasteiger partial charge on any atom is 0.253 e. The molecule has 4 rings (SSSR count). The van der Waals surface area contributed by atoms with Crippen LogP contribution >= 0.6 is 11.3 Å². The molecule has 27 heavy (non-hydrogen) atoms. The third-order valence-corrected chi connectivity index (χ3v) is 6.68. The van der Waals surface area contributed by atoms with Crippen molar-refractivity contribution in [1.29, 1.82) is 0 Å². The quantitative estimate of drug-likeness (QED) is 0.670. The van der Waals surface area contributed by atoms with Gasteiger partial charge in [0.15, 0.2) is 0 Å². The SMILES string of the molecule is Cc1[nH]c2ccccc2c1C(=O)NCC(c1cccs1)N1CCC(C)CC1. The fraction of sp³-hybridized carbons (Fsp3) is 0.409. The maximum atomic E-state index is 13.0. The zero-order valence-corrected chi connectivity index (χ0v) is 16.8. The predicted molar refractivity (Wildman–Crippen MR) is 112 cm³/mol. The number of likely N-dealkylation sites (tertiary alicyclic amines) is 1. The van der Waals surface area contributed by atoms with Crippen molar-refractivity contribution >= 4 is 28.1 Å². The molecule has 1 aliphatic rings. The molecule has 0 bridgehead atoms. The average Bonchev–Trinajstić information content (AvgIpc) is 3.30. The van der Waals surface area contributed by atoms with E-state index in [0.29, 0.717) is 6.54 Å². The second kappa shape index (κ2) is 7.87. The molecule has 0 saturated carbocycles. The molecular formula is C22H27N3OS. The van der Waals surface area contributed by atoms with Crippen LogP contribution in [0.3, 0.4) is 0 Å². The van der Waals surface area contributed by atoms with Crippen LogP contribution in [0.25, 0.3) is 10.9 Å². The highest BCUT2D eigenvalue weighted by Gasteiger charge is 2.26. The van der Waals surface area contributed by atoms with Gasteiger partial charge in [-0.3, -0.25) is 9.69 Å². The lowest BCUT2D eigenvalue weighted by molar-refractivity contribution is 0.0916. The molecule has 0 spiro atoms. The van der Waals surface area contributed by atoms with Gasteiger partial charge in [-0.1, -0.05) is 31.2 Å². The first-order valence-electron chi connectivity index (χ1n) is 9.76. The lowest BCUT2D eigenvalue weighted by Gasteiger charge is -2.36. The predicted octanol–water partition coefficient (Wildman–Crippen LogP) is 4.74. The Morgan fingerprint density at radius 2 is 2.04 bits per heavy atom. The van der Waals surface area contributed by atoms with E-state index >= 15 is 0 Å². The van der Waals surface area contributed by atoms with Crippen molar-refractivity contribution in [3.63, 3.8) is 0 Å². The topological polar surface area (TPSA) is 48.1 Å². The number of fused-ring (bicyclic) bond motifs is 1. The number of benzene rings is 1. The van der Waals surface area contributed by atoms with Crippen molar-refractivity contribution in [3.8, 4) is 0 Å². The highest BCUT2D eigenvalue weighted by molar-refractivity contribution is 7.10. The van der Waals surface area contributed by atoms with Crippen LogP contribution in [0.5, 0.6) is 0 Å². The molecule has 1 aliphatic heterocycles. The fourth-order valence-corrected chi connectivity index (χ4v) is 4.94. The van der Waals surface area contributed by atoms with Gasteiger partial charge < -0.3 is 10.3 Å². The van der Waals surface area contributed by atoms with Crippen molar-refractivity contribution in [3.05, 3.63) is 57.9 Å². The van der Waals surface area contributed by atoms with E-state index in [9.17, 15) is 4.79 Å². The zero-order chi connectivity index (χ0) is 18.8. The number of hydrogen-bond donors (Lipinski definition) is 2. The van der Waals surface area contributed by atoms with Gasteiger partial charge in [0.25, 0.3) is 5.91 Å². The van der Waals surface area contributed by atoms with E-state index in [-0.39, 0.29) is 11.9 Å². The highest BCUT2D eigenvalue weighted by Crippen LogP contribution is 2.29. The van der Waals surface area contributed by atoms with Crippen LogP contribution < -0.4 is 5.32 Å². The average molecular weight is 382 g/mol. The Balaban J connectivity index is 1.52. The van der Waals surface area contributed by atoms with E-state index in [1.54, 1.807) is 11.3 Å². The summed E-state index contributed by atoms with van der Waals surface area (Å²) in [6.45, 7) is 7.15. The number of nitrogens with zero attached hydrogens (tertiary/aromatic N) is 1. The molecular weight excluding hydrogens is 354 g/mol. The first-order valence-corrected chi connectivity index (χ1v) is 10.6. The summed E-state index contributed by atoms with van der Waals surface area (Å²) in [6.07, 6.45) is 2.47. The van der Waals surface area contributed by atoms with Crippen LogP contribution in [0, 0.1) is 12.8 Å². The third-order valence-electron chi connectivity index (χ3n) is 5.71. The number of aromatic nitrogens is 1. The van der Waals surface area contributed by atoms with Crippen molar-refractivity contribution in [2.75, 3.05) is 19.6 Å². The van der Waals surface area contributed by atoms with Gasteiger partial charge in [-0.25, -0.2) is 0 Å². The van der Waals surface area contributed by atoms with Gasteiger partial charge in [-0.2, -0.15) is 0 Å². The summed E-state index contributed by atoms with van der Waals surface area (Å²) in [5, 5.41) is 6.34. The Kier molecular flexibility index (Phi) is 5.32. The zero-order valence-electron chi connectivity index (χ0n) is 16.0. The molecule has 1 atom stereocenters. The van der Waals surface area contributed by atoms with E-state index < -0.39 is 0 Å². The van der Waals surface area contributed by atoms with Gasteiger partial charge >= 0.3 is 0 Å². The summed E-state index contributed by atoms with van der Waals surface area (Å²) in [7, 11) is 0. The van der Waals surface area contributed by atoms with Crippen LogP contribution in [0.4, 0.5) is 0 Å². The first-order chi connectivity index (χ1) is 13.1. The van der Waals surface area contributed by atoms with Gasteiger partial charge in [0, 0.05) is 28.0 Å². The number of aryl methyl sites for hydroxylation is 1. The van der Waals surface area contributed by atoms with Crippen LogP contribution in [0.15, 0.2) is 41.8 Å². The van der Waals surface area contributed by atoms with Gasteiger partial charge in [0.05, 0.1) is 11.6 Å². The van der Waals surface area contributed by atoms with Gasteiger partial charge in [-0.05, 0) is 56.3 Å². The number of H-pyrrole nitrogens is 1. The van der Waals surface area contributed by atoms with E-state index in [4.69, 9.17) is 0 Å². The van der Waals surface area contributed by atoms with Crippen molar-refractivity contribution in [2.24, 2.45) is 5.92 Å². The van der Waals surface area contributed by atoms with Crippen molar-refractivity contribution in [2.45, 2.75) is 32.7 Å². The number of carbonyl (C=O) groups is 1. The molecule has 2 aromatic heterocycles. The van der Waals surface area contributed by atoms with Crippen molar-refractivity contribution < 1.29 is 4.79 Å². The molecule has 3 aromatic rings. The smallest absolute Gasteiger partial charge is 0.253 e. The number of hydrogen-bond acceptors (Lipinski definition) is 3. The number of rotatable bonds is 5. The number of amides is 1. The molecule has 1 fully saturated rings. The third kappa shape index (κ3) is 3.80. The van der Waals surface area contributed by atoms with Gasteiger partial charge in [0.1, 0.15) is 0 Å². The summed E-state index contributed by atoms with van der Waals surface area (Å²) in [5.41, 5.74) is 2.70. The van der Waals surface area contributed by atoms with Gasteiger partial charge in [0.2, 0.25) is 0 Å². The molecule has 142 valence electrons. The van der Waals surface area contributed by atoms with Crippen LogP contribution in [0.2, 0.25) is 0 Å². The van der Waals surface area contributed by atoms with Crippen LogP contribution in [0.1, 0.15) is 46.7 Å². The molecule has 0 radical (unpaired) electrons. The Bertz CT molecular complexity index is 907. The second-order valence-corrected chi connectivity index (χ2v) is 8.61. The molecule has 1 aromatic carbocycles. The number of carbonyl (C=O) groups excluding carboxylic acids is 1. The maximum absolute atomic E-state index is 13.0. The Morgan fingerprint density at radius 1 is 1.26 bits per heavy atom. The van der Waals surface area contributed by atoms with E-state index in [1.807, 2.05) is 31.2 Å². The molecule has 3 heterocycles. The molecule has 2 N–H and O–H groups in total. The van der Waals surface area contributed by atoms with Crippen molar-refractivity contribution in [1.82, 2.24) is 15.2 Å². The summed E-state index contributed by atoms with van der Waals surface area (Å²) >= 11 is 1.78. The summed E-state index contributed by atoms with van der Waals surface area (Å²) in [4.78, 5) is 20.2. The van der Waals surface area contributed by atoms with E-state index in [2.05, 4.69) is 39.6 Å². The number of para-hydroxylation sites is 1. The molecule has 4 nitrogen and oxygen atoms in total. The summed E-state index contributed by atoms with van der Waals surface area (Å²) in [5.74, 6) is 0.811. The minimum absolute atomic E-state index is 0.0110. The van der Waals surface area contributed by atoms with Gasteiger partial charge in [-0.15, -0.1) is 11.3 Å². The van der Waals surface area contributed by atoms with Crippen LogP contribution in [-0.4, -0.2) is 35.4 Å². The monoisotopic (exact) mass is 381 g/mol. The minimum Gasteiger partial charge on any atom is -0.358 e. The standard InChI is InChI=1S/C22H27N3OS/c1-15-9-11-25(12-10-15)19(20-8-5-13-27-20)14-23-22(26)21-16(2)24-18-7-4-3-6-17(18)21/h3-8,13,15,19,24H,9-12,14H2,1-2H3,(H,23,26). The largest absolute Gasteiger partial charge is 0.358 e. The molecule has 1 unspecified atom stereocenters. The highest BCUT2D eigenvalue weighted by atomic mass is 32.1. The summed E-state index contributed by atoms with van der Waals surface area (Å²) < 4.78 is 0. The fourth-order valence-electron chi connectivity index (χ4n) is 4.08. The lowest BCUT2D eigenvalue weighted by atomic mass is 9.97. The van der Waals surface area contributed by atoms with E-state index in [0.717, 1.165) is 41.2 Å². The second-order valence-electron chi connectivity index (χ2n) is 7.63. The number of thiophene rings is 1. The first kappa shape index (κ1) is 18.3. The number of nitrogens with one attached hydrogen (secondary N) is 2. The Labute approximate surface area is 164 Å². The Morgan fingerprint density at radius 3 is 2.78 bits per heavy atom.